The van der Waals surface area contributed by atoms with Crippen LogP contribution in [0.1, 0.15) is 11.8 Å². The lowest BCUT2D eigenvalue weighted by molar-refractivity contribution is -0.0511. The first-order valence-corrected chi connectivity index (χ1v) is 9.35. The molecule has 0 radical (unpaired) electrons. The number of imidazole rings is 1. The summed E-state index contributed by atoms with van der Waals surface area (Å²) in [5.74, 6) is 0.113. The summed E-state index contributed by atoms with van der Waals surface area (Å²) in [5, 5.41) is 30.2. The molecular weight excluding hydrogens is 402 g/mol. The zero-order chi connectivity index (χ0) is 20.5. The minimum atomic E-state index is -1.27. The summed E-state index contributed by atoms with van der Waals surface area (Å²) in [6, 6.07) is 7.47. The highest BCUT2D eigenvalue weighted by atomic mass is 35.5. The van der Waals surface area contributed by atoms with Crippen LogP contribution in [0.5, 0.6) is 6.01 Å². The summed E-state index contributed by atoms with van der Waals surface area (Å²) in [4.78, 5) is 12.6. The predicted octanol–water partition coefficient (Wildman–Crippen LogP) is 0.295. The Balaban J connectivity index is 1.54. The lowest BCUT2D eigenvalue weighted by Gasteiger charge is -2.16. The Morgan fingerprint density at radius 2 is 1.93 bits per heavy atom. The van der Waals surface area contributed by atoms with Crippen molar-refractivity contribution >= 4 is 28.6 Å². The molecule has 4 atom stereocenters. The Morgan fingerprint density at radius 3 is 2.62 bits per heavy atom. The van der Waals surface area contributed by atoms with Gasteiger partial charge < -0.3 is 30.5 Å². The van der Waals surface area contributed by atoms with Crippen molar-refractivity contribution in [3.8, 4) is 6.01 Å². The van der Waals surface area contributed by atoms with E-state index in [0.29, 0.717) is 23.6 Å². The third-order valence-electron chi connectivity index (χ3n) is 4.75. The number of aliphatic hydroxyl groups excluding tert-OH is 3. The number of fused-ring (bicyclic) bond motifs is 1. The number of nitrogens with zero attached hydrogens (tertiary/aromatic N) is 4. The highest BCUT2D eigenvalue weighted by molar-refractivity contribution is 6.30. The molecule has 0 amide bonds. The maximum atomic E-state index is 10.3. The second-order valence-corrected chi connectivity index (χ2v) is 7.11. The van der Waals surface area contributed by atoms with Crippen molar-refractivity contribution < 1.29 is 24.8 Å². The van der Waals surface area contributed by atoms with E-state index in [-0.39, 0.29) is 17.5 Å². The Morgan fingerprint density at radius 1 is 1.17 bits per heavy atom. The van der Waals surface area contributed by atoms with Gasteiger partial charge in [-0.05, 0) is 17.7 Å². The molecule has 1 fully saturated rings. The van der Waals surface area contributed by atoms with Crippen LogP contribution >= 0.6 is 11.6 Å². The van der Waals surface area contributed by atoms with Crippen LogP contribution in [0.4, 0.5) is 5.82 Å². The van der Waals surface area contributed by atoms with Gasteiger partial charge in [0.15, 0.2) is 23.2 Å². The summed E-state index contributed by atoms with van der Waals surface area (Å²) < 4.78 is 12.6. The Labute approximate surface area is 170 Å². The maximum absolute atomic E-state index is 10.3. The molecule has 5 N–H and O–H groups in total. The van der Waals surface area contributed by atoms with Gasteiger partial charge in [0, 0.05) is 11.4 Å². The molecule has 154 valence electrons. The molecule has 29 heavy (non-hydrogen) atoms. The number of rotatable bonds is 6. The fourth-order valence-corrected chi connectivity index (χ4v) is 3.32. The van der Waals surface area contributed by atoms with E-state index < -0.39 is 31.1 Å². The fourth-order valence-electron chi connectivity index (χ4n) is 3.19. The zero-order valence-electron chi connectivity index (χ0n) is 15.2. The van der Waals surface area contributed by atoms with Crippen molar-refractivity contribution in [1.82, 2.24) is 19.5 Å². The summed E-state index contributed by atoms with van der Waals surface area (Å²) in [5.41, 5.74) is 7.61. The first kappa shape index (κ1) is 19.8. The van der Waals surface area contributed by atoms with Crippen LogP contribution in [-0.4, -0.2) is 66.4 Å². The maximum Gasteiger partial charge on any atom is 0.320 e. The Hall–Kier alpha value is -2.50. The molecule has 2 aromatic heterocycles. The van der Waals surface area contributed by atoms with E-state index in [9.17, 15) is 15.3 Å². The molecule has 0 saturated carbocycles. The minimum Gasteiger partial charge on any atom is -0.463 e. The van der Waals surface area contributed by atoms with Gasteiger partial charge in [-0.25, -0.2) is 4.98 Å². The number of nitrogens with two attached hydrogens (primary N) is 1. The van der Waals surface area contributed by atoms with Gasteiger partial charge in [-0.1, -0.05) is 23.7 Å². The van der Waals surface area contributed by atoms with Gasteiger partial charge in [-0.2, -0.15) is 9.97 Å². The average molecular weight is 422 g/mol. The smallest absolute Gasteiger partial charge is 0.320 e. The number of anilines is 1. The molecule has 3 heterocycles. The van der Waals surface area contributed by atoms with Crippen molar-refractivity contribution in [2.45, 2.75) is 31.0 Å². The molecule has 11 heteroatoms. The third kappa shape index (κ3) is 3.85. The molecule has 1 saturated heterocycles. The van der Waals surface area contributed by atoms with E-state index in [1.54, 1.807) is 12.1 Å². The number of hydrogen-bond acceptors (Lipinski definition) is 9. The van der Waals surface area contributed by atoms with Crippen LogP contribution in [0.15, 0.2) is 30.6 Å². The summed E-state index contributed by atoms with van der Waals surface area (Å²) in [7, 11) is 0. The van der Waals surface area contributed by atoms with Gasteiger partial charge in [0.1, 0.15) is 18.3 Å². The number of aromatic nitrogens is 4. The van der Waals surface area contributed by atoms with Crippen LogP contribution in [0.3, 0.4) is 0 Å². The van der Waals surface area contributed by atoms with E-state index in [1.807, 2.05) is 12.1 Å². The van der Waals surface area contributed by atoms with E-state index in [0.717, 1.165) is 5.56 Å². The molecule has 4 rings (SSSR count). The monoisotopic (exact) mass is 421 g/mol. The molecular formula is C18H20ClN5O5. The van der Waals surface area contributed by atoms with Crippen molar-refractivity contribution in [2.24, 2.45) is 0 Å². The van der Waals surface area contributed by atoms with E-state index in [2.05, 4.69) is 15.0 Å². The number of hydrogen-bond donors (Lipinski definition) is 4. The first-order valence-electron chi connectivity index (χ1n) is 8.97. The molecule has 3 aromatic rings. The predicted molar refractivity (Wildman–Crippen MR) is 103 cm³/mol. The highest BCUT2D eigenvalue weighted by Crippen LogP contribution is 2.32. The van der Waals surface area contributed by atoms with Gasteiger partial charge in [0.2, 0.25) is 0 Å². The Bertz CT molecular complexity index is 998. The molecule has 1 aromatic carbocycles. The topological polar surface area (TPSA) is 149 Å². The van der Waals surface area contributed by atoms with Crippen LogP contribution in [0.2, 0.25) is 5.02 Å². The standard InChI is InChI=1S/C18H20ClN5O5/c19-10-3-1-9(2-4-10)5-6-28-18-22-15(20)12-16(23-18)24(8-21-12)17-14(27)13(26)11(7-25)29-17/h1-4,8,11,13-14,17,25-27H,5-7H2,(H2,20,22,23)/t11-,13?,14?,17-/m1/s1. The zero-order valence-corrected chi connectivity index (χ0v) is 16.0. The summed E-state index contributed by atoms with van der Waals surface area (Å²) in [6.45, 7) is -0.119. The van der Waals surface area contributed by atoms with Crippen molar-refractivity contribution in [3.05, 3.63) is 41.2 Å². The number of benzene rings is 1. The van der Waals surface area contributed by atoms with Crippen LogP contribution in [0, 0.1) is 0 Å². The number of halogens is 1. The van der Waals surface area contributed by atoms with Crippen molar-refractivity contribution in [3.63, 3.8) is 0 Å². The fraction of sp³-hybridized carbons (Fsp3) is 0.389. The SMILES string of the molecule is Nc1nc(OCCc2ccc(Cl)cc2)nc2c1ncn2[C@@H]1O[C@H](CO)C(O)C1O. The third-order valence-corrected chi connectivity index (χ3v) is 5.01. The highest BCUT2D eigenvalue weighted by Gasteiger charge is 2.44. The minimum absolute atomic E-state index is 0.0532. The van der Waals surface area contributed by atoms with Crippen molar-refractivity contribution in [2.75, 3.05) is 18.9 Å². The lowest BCUT2D eigenvalue weighted by Crippen LogP contribution is -2.33. The Kier molecular flexibility index (Phi) is 5.52. The van der Waals surface area contributed by atoms with E-state index in [1.165, 1.54) is 10.9 Å². The van der Waals surface area contributed by atoms with Crippen LogP contribution in [-0.2, 0) is 11.2 Å². The molecule has 1 aliphatic rings. The molecule has 2 unspecified atom stereocenters. The molecule has 10 nitrogen and oxygen atoms in total. The number of aliphatic hydroxyl groups is 3. The lowest BCUT2D eigenvalue weighted by atomic mass is 10.1. The molecule has 0 aliphatic carbocycles. The number of ether oxygens (including phenoxy) is 2. The molecule has 0 spiro atoms. The van der Waals surface area contributed by atoms with Gasteiger partial charge in [-0.3, -0.25) is 4.57 Å². The van der Waals surface area contributed by atoms with Gasteiger partial charge in [0.25, 0.3) is 0 Å². The largest absolute Gasteiger partial charge is 0.463 e. The van der Waals surface area contributed by atoms with E-state index in [4.69, 9.17) is 26.8 Å². The average Bonchev–Trinajstić information content (AvgIpc) is 3.25. The molecule has 0 bridgehead atoms. The first-order chi connectivity index (χ1) is 14.0. The quantitative estimate of drug-likeness (QED) is 0.440. The second kappa shape index (κ2) is 8.09. The summed E-state index contributed by atoms with van der Waals surface area (Å²) in [6.07, 6.45) is -2.41. The second-order valence-electron chi connectivity index (χ2n) is 6.67. The number of nitrogen functional groups attached to an aromatic ring is 1. The van der Waals surface area contributed by atoms with E-state index >= 15 is 0 Å². The van der Waals surface area contributed by atoms with Gasteiger partial charge >= 0.3 is 6.01 Å². The summed E-state index contributed by atoms with van der Waals surface area (Å²) >= 11 is 5.88. The normalized spacial score (nSPS) is 24.3. The van der Waals surface area contributed by atoms with Gasteiger partial charge in [-0.15, -0.1) is 0 Å². The van der Waals surface area contributed by atoms with Crippen molar-refractivity contribution in [1.29, 1.82) is 0 Å². The van der Waals surface area contributed by atoms with Gasteiger partial charge in [0.05, 0.1) is 19.5 Å². The van der Waals surface area contributed by atoms with Crippen LogP contribution in [0.25, 0.3) is 11.2 Å². The van der Waals surface area contributed by atoms with Crippen LogP contribution < -0.4 is 10.5 Å². The molecule has 1 aliphatic heterocycles.